The summed E-state index contributed by atoms with van der Waals surface area (Å²) in [7, 11) is 0. The topological polar surface area (TPSA) is 20.3 Å². The number of carbonyl (C=O) groups excluding carboxylic acids is 1. The molecule has 4 atom stereocenters. The van der Waals surface area contributed by atoms with Gasteiger partial charge in [-0.15, -0.1) is 0 Å². The molecule has 1 rings (SSSR count). The minimum atomic E-state index is -0.162. The third-order valence-electron chi connectivity index (χ3n) is 4.38. The molecule has 94 valence electrons. The number of hydrogen-bond acceptors (Lipinski definition) is 2. The van der Waals surface area contributed by atoms with E-state index in [1.807, 2.05) is 0 Å². The van der Waals surface area contributed by atoms with Crippen LogP contribution in [0.15, 0.2) is 0 Å². The maximum absolute atomic E-state index is 11.2. The molecule has 4 unspecified atom stereocenters. The monoisotopic (exact) mass is 225 g/mol. The van der Waals surface area contributed by atoms with Crippen LogP contribution in [0.5, 0.6) is 0 Å². The molecule has 16 heavy (non-hydrogen) atoms. The highest BCUT2D eigenvalue weighted by atomic mass is 16.1. The minimum absolute atomic E-state index is 0.162. The zero-order chi connectivity index (χ0) is 12.3. The standard InChI is InChI=1S/C14H27NO/c1-6-14(5,10-16)9-15-8-11(2)7-12(3)13(15)4/h10-13H,6-9H2,1-5H3. The molecular formula is C14H27NO. The molecule has 1 fully saturated rings. The van der Waals surface area contributed by atoms with E-state index >= 15 is 0 Å². The lowest BCUT2D eigenvalue weighted by Crippen LogP contribution is -2.50. The molecule has 0 aromatic carbocycles. The first-order valence-electron chi connectivity index (χ1n) is 6.62. The van der Waals surface area contributed by atoms with Crippen molar-refractivity contribution in [2.24, 2.45) is 17.3 Å². The molecule has 0 spiro atoms. The molecule has 0 saturated carbocycles. The fraction of sp³-hybridized carbons (Fsp3) is 0.929. The Morgan fingerprint density at radius 1 is 1.38 bits per heavy atom. The first kappa shape index (κ1) is 13.7. The molecule has 0 bridgehead atoms. The summed E-state index contributed by atoms with van der Waals surface area (Å²) in [6.45, 7) is 13.2. The van der Waals surface area contributed by atoms with E-state index in [0.29, 0.717) is 6.04 Å². The number of rotatable bonds is 4. The van der Waals surface area contributed by atoms with Crippen molar-refractivity contribution in [2.75, 3.05) is 13.1 Å². The maximum atomic E-state index is 11.2. The highest BCUT2D eigenvalue weighted by Crippen LogP contribution is 2.30. The second-order valence-electron chi connectivity index (χ2n) is 6.11. The molecule has 0 radical (unpaired) electrons. The third kappa shape index (κ3) is 3.07. The Labute approximate surface area is 100 Å². The van der Waals surface area contributed by atoms with Crippen LogP contribution in [-0.2, 0) is 4.79 Å². The average Bonchev–Trinajstić information content (AvgIpc) is 2.25. The molecule has 1 aliphatic heterocycles. The average molecular weight is 225 g/mol. The van der Waals surface area contributed by atoms with Gasteiger partial charge in [-0.25, -0.2) is 0 Å². The van der Waals surface area contributed by atoms with Crippen LogP contribution in [0.25, 0.3) is 0 Å². The smallest absolute Gasteiger partial charge is 0.127 e. The Balaban J connectivity index is 2.67. The zero-order valence-electron chi connectivity index (χ0n) is 11.5. The largest absolute Gasteiger partial charge is 0.303 e. The van der Waals surface area contributed by atoms with Crippen LogP contribution < -0.4 is 0 Å². The fourth-order valence-corrected chi connectivity index (χ4v) is 2.74. The van der Waals surface area contributed by atoms with E-state index in [2.05, 4.69) is 39.5 Å². The van der Waals surface area contributed by atoms with Gasteiger partial charge in [0, 0.05) is 24.5 Å². The van der Waals surface area contributed by atoms with Crippen LogP contribution >= 0.6 is 0 Å². The van der Waals surface area contributed by atoms with E-state index in [4.69, 9.17) is 0 Å². The van der Waals surface area contributed by atoms with Gasteiger partial charge >= 0.3 is 0 Å². The van der Waals surface area contributed by atoms with Crippen LogP contribution in [-0.4, -0.2) is 30.3 Å². The second-order valence-corrected chi connectivity index (χ2v) is 6.11. The van der Waals surface area contributed by atoms with Gasteiger partial charge in [0.2, 0.25) is 0 Å². The van der Waals surface area contributed by atoms with Crippen molar-refractivity contribution in [2.45, 2.75) is 53.5 Å². The summed E-state index contributed by atoms with van der Waals surface area (Å²) in [6.07, 6.45) is 3.40. The predicted octanol–water partition coefficient (Wildman–Crippen LogP) is 2.97. The Morgan fingerprint density at radius 2 is 2.00 bits per heavy atom. The number of likely N-dealkylation sites (tertiary alicyclic amines) is 1. The maximum Gasteiger partial charge on any atom is 0.127 e. The number of hydrogen-bond donors (Lipinski definition) is 0. The molecule has 1 heterocycles. The van der Waals surface area contributed by atoms with E-state index in [1.165, 1.54) is 6.42 Å². The van der Waals surface area contributed by atoms with Crippen molar-refractivity contribution in [3.63, 3.8) is 0 Å². The lowest BCUT2D eigenvalue weighted by molar-refractivity contribution is -0.117. The van der Waals surface area contributed by atoms with Gasteiger partial charge in [0.25, 0.3) is 0 Å². The summed E-state index contributed by atoms with van der Waals surface area (Å²) in [6, 6.07) is 0.613. The highest BCUT2D eigenvalue weighted by molar-refractivity contribution is 5.58. The molecule has 0 aromatic heterocycles. The molecule has 2 heteroatoms. The Morgan fingerprint density at radius 3 is 2.50 bits per heavy atom. The fourth-order valence-electron chi connectivity index (χ4n) is 2.74. The molecule has 0 aliphatic carbocycles. The molecular weight excluding hydrogens is 198 g/mol. The number of carbonyl (C=O) groups is 1. The van der Waals surface area contributed by atoms with Crippen LogP contribution in [0.1, 0.15) is 47.5 Å². The predicted molar refractivity (Wildman–Crippen MR) is 68.4 cm³/mol. The normalized spacial score (nSPS) is 35.7. The van der Waals surface area contributed by atoms with E-state index in [9.17, 15) is 4.79 Å². The summed E-state index contributed by atoms with van der Waals surface area (Å²) in [5, 5.41) is 0. The zero-order valence-corrected chi connectivity index (χ0v) is 11.5. The van der Waals surface area contributed by atoms with E-state index < -0.39 is 0 Å². The minimum Gasteiger partial charge on any atom is -0.303 e. The van der Waals surface area contributed by atoms with Gasteiger partial charge in [0.05, 0.1) is 0 Å². The molecule has 0 amide bonds. The summed E-state index contributed by atoms with van der Waals surface area (Å²) >= 11 is 0. The van der Waals surface area contributed by atoms with Gasteiger partial charge in [-0.3, -0.25) is 4.90 Å². The van der Waals surface area contributed by atoms with Gasteiger partial charge in [0.1, 0.15) is 6.29 Å². The third-order valence-corrected chi connectivity index (χ3v) is 4.38. The molecule has 0 N–H and O–H groups in total. The van der Waals surface area contributed by atoms with Crippen molar-refractivity contribution in [1.82, 2.24) is 4.90 Å². The van der Waals surface area contributed by atoms with Gasteiger partial charge in [-0.05, 0) is 31.6 Å². The second kappa shape index (κ2) is 5.31. The van der Waals surface area contributed by atoms with Gasteiger partial charge in [0.15, 0.2) is 0 Å². The quantitative estimate of drug-likeness (QED) is 0.686. The number of piperidine rings is 1. The Hall–Kier alpha value is -0.370. The van der Waals surface area contributed by atoms with E-state index in [-0.39, 0.29) is 5.41 Å². The van der Waals surface area contributed by atoms with Gasteiger partial charge in [-0.2, -0.15) is 0 Å². The molecule has 1 saturated heterocycles. The van der Waals surface area contributed by atoms with Crippen molar-refractivity contribution in [1.29, 1.82) is 0 Å². The number of aldehydes is 1. The summed E-state index contributed by atoms with van der Waals surface area (Å²) in [4.78, 5) is 13.7. The summed E-state index contributed by atoms with van der Waals surface area (Å²) < 4.78 is 0. The number of nitrogens with zero attached hydrogens (tertiary/aromatic N) is 1. The lowest BCUT2D eigenvalue weighted by Gasteiger charge is -2.44. The van der Waals surface area contributed by atoms with Crippen molar-refractivity contribution < 1.29 is 4.79 Å². The van der Waals surface area contributed by atoms with Gasteiger partial charge < -0.3 is 4.79 Å². The molecule has 2 nitrogen and oxygen atoms in total. The van der Waals surface area contributed by atoms with E-state index in [0.717, 1.165) is 37.6 Å². The van der Waals surface area contributed by atoms with Crippen LogP contribution in [0, 0.1) is 17.3 Å². The van der Waals surface area contributed by atoms with Crippen molar-refractivity contribution >= 4 is 6.29 Å². The molecule has 1 aliphatic rings. The van der Waals surface area contributed by atoms with Crippen LogP contribution in [0.3, 0.4) is 0 Å². The highest BCUT2D eigenvalue weighted by Gasteiger charge is 2.33. The summed E-state index contributed by atoms with van der Waals surface area (Å²) in [5.74, 6) is 1.51. The van der Waals surface area contributed by atoms with Crippen LogP contribution in [0.4, 0.5) is 0 Å². The SMILES string of the molecule is CCC(C)(C=O)CN1CC(C)CC(C)C1C. The lowest BCUT2D eigenvalue weighted by atomic mass is 9.82. The Kier molecular flexibility index (Phi) is 4.54. The van der Waals surface area contributed by atoms with E-state index in [1.54, 1.807) is 0 Å². The van der Waals surface area contributed by atoms with Gasteiger partial charge in [-0.1, -0.05) is 27.7 Å². The first-order valence-corrected chi connectivity index (χ1v) is 6.62. The van der Waals surface area contributed by atoms with Crippen LogP contribution in [0.2, 0.25) is 0 Å². The molecule has 0 aromatic rings. The van der Waals surface area contributed by atoms with Crippen molar-refractivity contribution in [3.05, 3.63) is 0 Å². The van der Waals surface area contributed by atoms with Crippen molar-refractivity contribution in [3.8, 4) is 0 Å². The first-order chi connectivity index (χ1) is 7.41. The summed E-state index contributed by atoms with van der Waals surface area (Å²) in [5.41, 5.74) is -0.162. The Bertz CT molecular complexity index is 241.